The lowest BCUT2D eigenvalue weighted by molar-refractivity contribution is -0.202. The fourth-order valence-electron chi connectivity index (χ4n) is 3.56. The molecule has 0 unspecified atom stereocenters. The molecule has 1 aliphatic heterocycles. The zero-order chi connectivity index (χ0) is 19.8. The Labute approximate surface area is 158 Å². The van der Waals surface area contributed by atoms with Crippen molar-refractivity contribution in [1.29, 1.82) is 0 Å². The van der Waals surface area contributed by atoms with Gasteiger partial charge in [0.1, 0.15) is 17.7 Å². The van der Waals surface area contributed by atoms with E-state index in [0.717, 1.165) is 11.1 Å². The van der Waals surface area contributed by atoms with E-state index in [4.69, 9.17) is 10.6 Å². The van der Waals surface area contributed by atoms with Gasteiger partial charge in [-0.25, -0.2) is 8.78 Å². The van der Waals surface area contributed by atoms with Gasteiger partial charge < -0.3 is 5.73 Å². The van der Waals surface area contributed by atoms with E-state index in [1.165, 1.54) is 17.2 Å². The quantitative estimate of drug-likeness (QED) is 0.799. The molecule has 0 aliphatic carbocycles. The molecule has 2 aromatic rings. The Morgan fingerprint density at radius 1 is 1.22 bits per heavy atom. The Morgan fingerprint density at radius 2 is 1.85 bits per heavy atom. The third-order valence-corrected chi connectivity index (χ3v) is 6.74. The number of hydroxylamine groups is 2. The van der Waals surface area contributed by atoms with Crippen LogP contribution in [0.5, 0.6) is 0 Å². The van der Waals surface area contributed by atoms with Gasteiger partial charge in [-0.15, -0.1) is 0 Å². The van der Waals surface area contributed by atoms with Gasteiger partial charge in [0.05, 0.1) is 14.7 Å². The number of rotatable bonds is 5. The standard InChI is InChI=1S/C20H24F2N2O2Si/c1-27(2,3)19-16(21)10-13(11-17(19)22)12-26-24-9-8-14-6-4-5-7-15(14)18(24)20(23)25/h4-7,10-11,18H,8-9,12H2,1-3H3,(H2,23,25)/t18-/m1/s1. The third kappa shape index (κ3) is 4.10. The summed E-state index contributed by atoms with van der Waals surface area (Å²) in [6.45, 7) is 6.13. The highest BCUT2D eigenvalue weighted by atomic mass is 28.3. The topological polar surface area (TPSA) is 55.6 Å². The predicted molar refractivity (Wildman–Crippen MR) is 103 cm³/mol. The van der Waals surface area contributed by atoms with E-state index in [-0.39, 0.29) is 11.8 Å². The summed E-state index contributed by atoms with van der Waals surface area (Å²) in [5.74, 6) is -1.60. The Hall–Kier alpha value is -2.09. The summed E-state index contributed by atoms with van der Waals surface area (Å²) < 4.78 is 28.9. The molecular weight excluding hydrogens is 366 g/mol. The van der Waals surface area contributed by atoms with Crippen LogP contribution in [-0.4, -0.2) is 25.6 Å². The van der Waals surface area contributed by atoms with Crippen LogP contribution in [0.2, 0.25) is 19.6 Å². The van der Waals surface area contributed by atoms with Gasteiger partial charge in [0, 0.05) is 11.7 Å². The first-order chi connectivity index (χ1) is 12.7. The Morgan fingerprint density at radius 3 is 2.44 bits per heavy atom. The van der Waals surface area contributed by atoms with Crippen molar-refractivity contribution in [1.82, 2.24) is 5.06 Å². The van der Waals surface area contributed by atoms with E-state index in [9.17, 15) is 13.6 Å². The molecule has 3 rings (SSSR count). The van der Waals surface area contributed by atoms with Crippen LogP contribution >= 0.6 is 0 Å². The summed E-state index contributed by atoms with van der Waals surface area (Å²) in [5, 5.41) is 1.69. The number of halogens is 2. The maximum atomic E-state index is 14.4. The number of amides is 1. The number of fused-ring (bicyclic) bond motifs is 1. The highest BCUT2D eigenvalue weighted by Gasteiger charge is 2.32. The first kappa shape index (κ1) is 19.7. The maximum Gasteiger partial charge on any atom is 0.241 e. The van der Waals surface area contributed by atoms with Gasteiger partial charge in [0.25, 0.3) is 0 Å². The smallest absolute Gasteiger partial charge is 0.241 e. The minimum absolute atomic E-state index is 0.0359. The zero-order valence-electron chi connectivity index (χ0n) is 15.8. The van der Waals surface area contributed by atoms with Gasteiger partial charge >= 0.3 is 0 Å². The first-order valence-electron chi connectivity index (χ1n) is 8.93. The molecule has 4 nitrogen and oxygen atoms in total. The summed E-state index contributed by atoms with van der Waals surface area (Å²) >= 11 is 0. The molecule has 1 amide bonds. The number of hydrogen-bond donors (Lipinski definition) is 1. The van der Waals surface area contributed by atoms with E-state index in [1.54, 1.807) is 0 Å². The van der Waals surface area contributed by atoms with Crippen molar-refractivity contribution in [3.63, 3.8) is 0 Å². The fraction of sp³-hybridized carbons (Fsp3) is 0.350. The summed E-state index contributed by atoms with van der Waals surface area (Å²) in [7, 11) is -2.13. The van der Waals surface area contributed by atoms with Crippen molar-refractivity contribution >= 4 is 19.2 Å². The molecule has 2 N–H and O–H groups in total. The van der Waals surface area contributed by atoms with Crippen LogP contribution in [0.3, 0.4) is 0 Å². The van der Waals surface area contributed by atoms with Crippen molar-refractivity contribution in [2.45, 2.75) is 38.7 Å². The van der Waals surface area contributed by atoms with Crippen LogP contribution in [0, 0.1) is 11.6 Å². The number of benzene rings is 2. The van der Waals surface area contributed by atoms with Crippen molar-refractivity contribution < 1.29 is 18.4 Å². The van der Waals surface area contributed by atoms with Gasteiger partial charge in [-0.1, -0.05) is 43.9 Å². The second-order valence-electron chi connectivity index (χ2n) is 7.85. The van der Waals surface area contributed by atoms with E-state index < -0.39 is 31.7 Å². The Kier molecular flexibility index (Phi) is 5.46. The number of hydrogen-bond acceptors (Lipinski definition) is 3. The van der Waals surface area contributed by atoms with Crippen molar-refractivity contribution in [2.75, 3.05) is 6.54 Å². The van der Waals surface area contributed by atoms with Crippen LogP contribution in [-0.2, 0) is 22.7 Å². The molecule has 0 radical (unpaired) electrons. The third-order valence-electron chi connectivity index (χ3n) is 4.76. The monoisotopic (exact) mass is 390 g/mol. The molecule has 0 fully saturated rings. The van der Waals surface area contributed by atoms with Gasteiger partial charge in [0.15, 0.2) is 0 Å². The van der Waals surface area contributed by atoms with Crippen LogP contribution in [0.4, 0.5) is 8.78 Å². The molecule has 1 aliphatic rings. The SMILES string of the molecule is C[Si](C)(C)c1c(F)cc(CON2CCc3ccccc3[C@@H]2C(N)=O)cc1F. The normalized spacial score (nSPS) is 17.6. The lowest BCUT2D eigenvalue weighted by Gasteiger charge is -2.34. The number of nitrogens with zero attached hydrogens (tertiary/aromatic N) is 1. The van der Waals surface area contributed by atoms with Crippen LogP contribution in [0.1, 0.15) is 22.7 Å². The molecule has 2 aromatic carbocycles. The second kappa shape index (κ2) is 7.50. The molecule has 27 heavy (non-hydrogen) atoms. The lowest BCUT2D eigenvalue weighted by Crippen LogP contribution is -2.43. The Balaban J connectivity index is 1.80. The average Bonchev–Trinajstić information content (AvgIpc) is 2.57. The minimum atomic E-state index is -2.13. The number of primary amides is 1. The molecule has 0 aromatic heterocycles. The fourth-order valence-corrected chi connectivity index (χ4v) is 5.14. The summed E-state index contributed by atoms with van der Waals surface area (Å²) in [6.07, 6.45) is 0.706. The van der Waals surface area contributed by atoms with Crippen molar-refractivity contribution in [3.8, 4) is 0 Å². The molecule has 1 heterocycles. The number of carbonyl (C=O) groups excluding carboxylic acids is 1. The summed E-state index contributed by atoms with van der Waals surface area (Å²) in [4.78, 5) is 17.7. The highest BCUT2D eigenvalue weighted by molar-refractivity contribution is 6.88. The minimum Gasteiger partial charge on any atom is -0.368 e. The van der Waals surface area contributed by atoms with E-state index in [1.807, 2.05) is 43.9 Å². The van der Waals surface area contributed by atoms with Crippen molar-refractivity contribution in [3.05, 3.63) is 64.7 Å². The second-order valence-corrected chi connectivity index (χ2v) is 12.9. The van der Waals surface area contributed by atoms with Gasteiger partial charge in [-0.3, -0.25) is 9.63 Å². The summed E-state index contributed by atoms with van der Waals surface area (Å²) in [6, 6.07) is 9.48. The van der Waals surface area contributed by atoms with Gasteiger partial charge in [0.2, 0.25) is 5.91 Å². The number of nitrogens with two attached hydrogens (primary N) is 1. The molecule has 0 spiro atoms. The molecule has 144 valence electrons. The molecule has 1 atom stereocenters. The first-order valence-corrected chi connectivity index (χ1v) is 12.4. The zero-order valence-corrected chi connectivity index (χ0v) is 16.8. The molecule has 0 saturated heterocycles. The number of carbonyl (C=O) groups is 1. The van der Waals surface area contributed by atoms with E-state index in [2.05, 4.69) is 0 Å². The molecular formula is C20H24F2N2O2Si. The van der Waals surface area contributed by atoms with Crippen LogP contribution in [0.15, 0.2) is 36.4 Å². The lowest BCUT2D eigenvalue weighted by atomic mass is 9.94. The highest BCUT2D eigenvalue weighted by Crippen LogP contribution is 2.30. The van der Waals surface area contributed by atoms with Crippen LogP contribution < -0.4 is 10.9 Å². The molecule has 0 bridgehead atoms. The van der Waals surface area contributed by atoms with E-state index >= 15 is 0 Å². The molecule has 0 saturated carbocycles. The maximum absolute atomic E-state index is 14.4. The van der Waals surface area contributed by atoms with Gasteiger partial charge in [-0.05, 0) is 35.2 Å². The van der Waals surface area contributed by atoms with E-state index in [0.29, 0.717) is 18.5 Å². The van der Waals surface area contributed by atoms with Crippen LogP contribution in [0.25, 0.3) is 0 Å². The van der Waals surface area contributed by atoms with Crippen molar-refractivity contribution in [2.24, 2.45) is 5.73 Å². The Bertz CT molecular complexity index is 844. The average molecular weight is 391 g/mol. The van der Waals surface area contributed by atoms with Gasteiger partial charge in [-0.2, -0.15) is 5.06 Å². The summed E-state index contributed by atoms with van der Waals surface area (Å²) in [5.41, 5.74) is 7.83. The molecule has 7 heteroatoms. The largest absolute Gasteiger partial charge is 0.368 e. The predicted octanol–water partition coefficient (Wildman–Crippen LogP) is 3.03.